The first-order valence-corrected chi connectivity index (χ1v) is 14.6. The third-order valence-corrected chi connectivity index (χ3v) is 9.43. The van der Waals surface area contributed by atoms with Crippen molar-refractivity contribution in [1.82, 2.24) is 10.2 Å². The minimum Gasteiger partial charge on any atom is -0.457 e. The standard InChI is InChI=1S/C31H30F3N5O3S/c1-39-13-5-6-16(15-39)38-29(41)27-24-23-20(11-12-22(35)26(23)43-27)30(37,28(40)25(24)36)19-10-9-18(14-21(19)31(32,33)34)42-17-7-3-2-4-8-17/h2-4,7-12,14,16,25H,5-6,13,15,35-37H2,1H3,(H,38,41). The fourth-order valence-corrected chi connectivity index (χ4v) is 7.36. The molecule has 12 heteroatoms. The van der Waals surface area contributed by atoms with E-state index in [9.17, 15) is 22.8 Å². The highest BCUT2D eigenvalue weighted by Gasteiger charge is 2.52. The number of nitrogen functional groups attached to an aromatic ring is 1. The second-order valence-corrected chi connectivity index (χ2v) is 12.1. The second kappa shape index (κ2) is 10.6. The van der Waals surface area contributed by atoms with Crippen molar-refractivity contribution in [3.05, 3.63) is 87.8 Å². The maximum atomic E-state index is 14.6. The summed E-state index contributed by atoms with van der Waals surface area (Å²) in [5, 5.41) is 3.37. The average Bonchev–Trinajstić information content (AvgIpc) is 3.38. The van der Waals surface area contributed by atoms with Gasteiger partial charge in [-0.2, -0.15) is 13.2 Å². The second-order valence-electron chi connectivity index (χ2n) is 11.1. The number of nitrogens with two attached hydrogens (primary N) is 3. The molecule has 1 fully saturated rings. The van der Waals surface area contributed by atoms with Gasteiger partial charge in [0.2, 0.25) is 0 Å². The number of carbonyl (C=O) groups is 2. The summed E-state index contributed by atoms with van der Waals surface area (Å²) < 4.78 is 49.9. The molecule has 8 nitrogen and oxygen atoms in total. The van der Waals surface area contributed by atoms with Gasteiger partial charge in [-0.3, -0.25) is 9.59 Å². The predicted molar refractivity (Wildman–Crippen MR) is 159 cm³/mol. The van der Waals surface area contributed by atoms with Crippen LogP contribution in [0.15, 0.2) is 60.7 Å². The first-order chi connectivity index (χ1) is 20.4. The maximum absolute atomic E-state index is 14.6. The van der Waals surface area contributed by atoms with Crippen LogP contribution in [0.4, 0.5) is 18.9 Å². The number of piperidine rings is 1. The fourth-order valence-electron chi connectivity index (χ4n) is 6.15. The summed E-state index contributed by atoms with van der Waals surface area (Å²) >= 11 is 1.06. The largest absolute Gasteiger partial charge is 0.457 e. The summed E-state index contributed by atoms with van der Waals surface area (Å²) in [6.07, 6.45) is -3.17. The molecule has 1 aliphatic heterocycles. The van der Waals surface area contributed by atoms with E-state index in [4.69, 9.17) is 21.9 Å². The third-order valence-electron chi connectivity index (χ3n) is 8.18. The topological polar surface area (TPSA) is 137 Å². The molecule has 3 unspecified atom stereocenters. The molecule has 3 atom stereocenters. The average molecular weight is 610 g/mol. The van der Waals surface area contributed by atoms with Crippen molar-refractivity contribution in [2.45, 2.75) is 36.6 Å². The van der Waals surface area contributed by atoms with Gasteiger partial charge in [0.1, 0.15) is 17.0 Å². The zero-order chi connectivity index (χ0) is 30.7. The van der Waals surface area contributed by atoms with Crippen molar-refractivity contribution in [2.75, 3.05) is 25.9 Å². The van der Waals surface area contributed by atoms with Crippen molar-refractivity contribution in [3.8, 4) is 11.5 Å². The van der Waals surface area contributed by atoms with Gasteiger partial charge in [0, 0.05) is 29.2 Å². The number of Topliss-reactive ketones (excluding diaryl/α,β-unsaturated/α-hetero) is 1. The number of likely N-dealkylation sites (tertiary alicyclic amines) is 1. The Morgan fingerprint density at radius 1 is 1.09 bits per heavy atom. The minimum absolute atomic E-state index is 0.0792. The van der Waals surface area contributed by atoms with E-state index in [0.717, 1.165) is 42.9 Å². The van der Waals surface area contributed by atoms with Crippen molar-refractivity contribution in [3.63, 3.8) is 0 Å². The molecule has 0 saturated carbocycles. The highest BCUT2D eigenvalue weighted by Crippen LogP contribution is 2.51. The van der Waals surface area contributed by atoms with E-state index in [2.05, 4.69) is 10.2 Å². The number of rotatable bonds is 5. The minimum atomic E-state index is -4.89. The summed E-state index contributed by atoms with van der Waals surface area (Å²) in [6.45, 7) is 1.60. The van der Waals surface area contributed by atoms with Crippen LogP contribution in [-0.4, -0.2) is 42.8 Å². The van der Waals surface area contributed by atoms with Gasteiger partial charge < -0.3 is 32.2 Å². The smallest absolute Gasteiger partial charge is 0.416 e. The van der Waals surface area contributed by atoms with Gasteiger partial charge in [-0.1, -0.05) is 30.3 Å². The SMILES string of the molecule is CN1CCCC(NC(=O)c2sc3c(N)ccc4c3c2C(N)C(=O)C4(N)c2ccc(Oc3ccccc3)cc2C(F)(F)F)C1. The Labute approximate surface area is 249 Å². The lowest BCUT2D eigenvalue weighted by atomic mass is 9.69. The molecule has 0 radical (unpaired) electrons. The monoisotopic (exact) mass is 609 g/mol. The van der Waals surface area contributed by atoms with Gasteiger partial charge in [0.15, 0.2) is 5.78 Å². The number of thiophene rings is 1. The molecular formula is C31H30F3N5O3S. The van der Waals surface area contributed by atoms with E-state index in [0.29, 0.717) is 28.1 Å². The number of anilines is 1. The maximum Gasteiger partial charge on any atom is 0.416 e. The van der Waals surface area contributed by atoms with E-state index in [1.54, 1.807) is 30.3 Å². The number of likely N-dealkylation sites (N-methyl/N-ethyl adjacent to an activating group) is 1. The number of hydrogen-bond acceptors (Lipinski definition) is 8. The number of ketones is 1. The summed E-state index contributed by atoms with van der Waals surface area (Å²) in [5.74, 6) is -1.01. The number of carbonyl (C=O) groups excluding carboxylic acids is 2. The summed E-state index contributed by atoms with van der Waals surface area (Å²) in [7, 11) is 1.97. The molecule has 0 bridgehead atoms. The van der Waals surface area contributed by atoms with Crippen molar-refractivity contribution in [2.24, 2.45) is 11.5 Å². The van der Waals surface area contributed by atoms with Gasteiger partial charge in [-0.15, -0.1) is 11.3 Å². The number of amides is 1. The molecule has 4 aromatic rings. The molecular weight excluding hydrogens is 579 g/mol. The Morgan fingerprint density at radius 3 is 2.51 bits per heavy atom. The van der Waals surface area contributed by atoms with Crippen LogP contribution in [0, 0.1) is 0 Å². The lowest BCUT2D eigenvalue weighted by molar-refractivity contribution is -0.139. The number of nitrogens with zero attached hydrogens (tertiary/aromatic N) is 1. The molecule has 1 aromatic heterocycles. The Bertz CT molecular complexity index is 1740. The number of para-hydroxylation sites is 1. The van der Waals surface area contributed by atoms with Crippen molar-refractivity contribution in [1.29, 1.82) is 0 Å². The first kappa shape index (κ1) is 29.1. The Hall–Kier alpha value is -3.97. The molecule has 7 N–H and O–H groups in total. The lowest BCUT2D eigenvalue weighted by Gasteiger charge is -2.38. The van der Waals surface area contributed by atoms with Crippen LogP contribution in [0.3, 0.4) is 0 Å². The molecule has 224 valence electrons. The highest BCUT2D eigenvalue weighted by atomic mass is 32.1. The molecule has 43 heavy (non-hydrogen) atoms. The van der Waals surface area contributed by atoms with Crippen molar-refractivity contribution >= 4 is 38.8 Å². The summed E-state index contributed by atoms with van der Waals surface area (Å²) in [4.78, 5) is 30.0. The molecule has 2 heterocycles. The van der Waals surface area contributed by atoms with Crippen LogP contribution in [0.5, 0.6) is 11.5 Å². The Balaban J connectivity index is 1.49. The van der Waals surface area contributed by atoms with Crippen LogP contribution in [0.25, 0.3) is 10.1 Å². The first-order valence-electron chi connectivity index (χ1n) is 13.8. The Morgan fingerprint density at radius 2 is 1.81 bits per heavy atom. The van der Waals surface area contributed by atoms with E-state index in [1.807, 2.05) is 7.05 Å². The van der Waals surface area contributed by atoms with Crippen LogP contribution in [-0.2, 0) is 16.5 Å². The number of ether oxygens (including phenoxy) is 1. The normalized spacial score (nSPS) is 22.5. The summed E-state index contributed by atoms with van der Waals surface area (Å²) in [6, 6.07) is 13.0. The molecule has 0 spiro atoms. The van der Waals surface area contributed by atoms with Crippen LogP contribution in [0.1, 0.15) is 50.8 Å². The predicted octanol–water partition coefficient (Wildman–Crippen LogP) is 4.90. The quantitative estimate of drug-likeness (QED) is 0.236. The highest BCUT2D eigenvalue weighted by molar-refractivity contribution is 7.21. The number of alkyl halides is 3. The van der Waals surface area contributed by atoms with E-state index in [-0.39, 0.29) is 27.8 Å². The molecule has 1 saturated heterocycles. The zero-order valence-electron chi connectivity index (χ0n) is 23.2. The van der Waals surface area contributed by atoms with Gasteiger partial charge in [-0.05, 0) is 67.9 Å². The number of nitrogens with one attached hydrogen (secondary N) is 1. The van der Waals surface area contributed by atoms with Crippen LogP contribution >= 0.6 is 11.3 Å². The van der Waals surface area contributed by atoms with Gasteiger partial charge >= 0.3 is 6.18 Å². The van der Waals surface area contributed by atoms with Crippen molar-refractivity contribution < 1.29 is 27.5 Å². The molecule has 3 aromatic carbocycles. The molecule has 2 aliphatic rings. The fraction of sp³-hybridized carbons (Fsp3) is 0.290. The molecule has 1 amide bonds. The van der Waals surface area contributed by atoms with E-state index >= 15 is 0 Å². The number of halogens is 3. The number of hydrogen-bond donors (Lipinski definition) is 4. The van der Waals surface area contributed by atoms with Crippen LogP contribution < -0.4 is 27.3 Å². The van der Waals surface area contributed by atoms with Gasteiger partial charge in [-0.25, -0.2) is 0 Å². The third kappa shape index (κ3) is 4.93. The Kier molecular flexibility index (Phi) is 7.20. The van der Waals surface area contributed by atoms with Crippen LogP contribution in [0.2, 0.25) is 0 Å². The molecule has 6 rings (SSSR count). The molecule has 1 aliphatic carbocycles. The van der Waals surface area contributed by atoms with E-state index < -0.39 is 40.6 Å². The van der Waals surface area contributed by atoms with E-state index in [1.165, 1.54) is 18.2 Å². The zero-order valence-corrected chi connectivity index (χ0v) is 24.0. The van der Waals surface area contributed by atoms with Gasteiger partial charge in [0.25, 0.3) is 5.91 Å². The summed E-state index contributed by atoms with van der Waals surface area (Å²) in [5.41, 5.74) is 16.3. The lowest BCUT2D eigenvalue weighted by Crippen LogP contribution is -2.53. The van der Waals surface area contributed by atoms with Gasteiger partial charge in [0.05, 0.1) is 21.2 Å². The number of benzene rings is 3.